The number of nitrogens with one attached hydrogen (secondary N) is 1. The van der Waals surface area contributed by atoms with E-state index in [2.05, 4.69) is 22.2 Å². The fourth-order valence-corrected chi connectivity index (χ4v) is 3.76. The monoisotopic (exact) mass is 341 g/mol. The largest absolute Gasteiger partial charge is 0.352 e. The van der Waals surface area contributed by atoms with E-state index < -0.39 is 0 Å². The van der Waals surface area contributed by atoms with Crippen LogP contribution in [0.2, 0.25) is 0 Å². The summed E-state index contributed by atoms with van der Waals surface area (Å²) >= 11 is 1.60. The van der Waals surface area contributed by atoms with Crippen LogP contribution in [0, 0.1) is 5.92 Å². The van der Waals surface area contributed by atoms with Gasteiger partial charge in [-0.25, -0.2) is 4.98 Å². The van der Waals surface area contributed by atoms with E-state index in [1.54, 1.807) is 18.0 Å². The predicted octanol–water partition coefficient (Wildman–Crippen LogP) is 3.30. The number of benzene rings is 1. The van der Waals surface area contributed by atoms with Crippen LogP contribution in [0.25, 0.3) is 0 Å². The Morgan fingerprint density at radius 2 is 2.12 bits per heavy atom. The summed E-state index contributed by atoms with van der Waals surface area (Å²) in [5, 5.41) is 4.03. The molecule has 1 atom stereocenters. The van der Waals surface area contributed by atoms with E-state index in [-0.39, 0.29) is 5.91 Å². The summed E-state index contributed by atoms with van der Waals surface area (Å²) in [5.74, 6) is 0.573. The minimum Gasteiger partial charge on any atom is -0.352 e. The average molecular weight is 341 g/mol. The molecule has 0 bridgehead atoms. The molecule has 2 heterocycles. The zero-order valence-electron chi connectivity index (χ0n) is 13.9. The number of likely N-dealkylation sites (tertiary alicyclic amines) is 1. The average Bonchev–Trinajstić information content (AvgIpc) is 2.61. The first-order chi connectivity index (χ1) is 11.7. The van der Waals surface area contributed by atoms with Crippen LogP contribution in [0.1, 0.15) is 23.2 Å². The second-order valence-electron chi connectivity index (χ2n) is 6.27. The van der Waals surface area contributed by atoms with E-state index >= 15 is 0 Å². The summed E-state index contributed by atoms with van der Waals surface area (Å²) < 4.78 is 0. The van der Waals surface area contributed by atoms with Gasteiger partial charge < -0.3 is 10.2 Å². The van der Waals surface area contributed by atoms with Gasteiger partial charge in [0, 0.05) is 29.7 Å². The van der Waals surface area contributed by atoms with Gasteiger partial charge in [0.2, 0.25) is 0 Å². The van der Waals surface area contributed by atoms with Gasteiger partial charge in [-0.1, -0.05) is 17.8 Å². The molecule has 1 aliphatic heterocycles. The van der Waals surface area contributed by atoms with Crippen molar-refractivity contribution >= 4 is 17.7 Å². The second-order valence-corrected chi connectivity index (χ2v) is 7.37. The molecule has 1 N–H and O–H groups in total. The first kappa shape index (κ1) is 17.0. The lowest BCUT2D eigenvalue weighted by Crippen LogP contribution is -2.39. The number of nitrogens with zero attached hydrogens (tertiary/aromatic N) is 2. The normalized spacial score (nSPS) is 18.3. The molecule has 24 heavy (non-hydrogen) atoms. The topological polar surface area (TPSA) is 45.2 Å². The molecule has 1 aromatic carbocycles. The maximum absolute atomic E-state index is 12.3. The molecule has 0 spiro atoms. The Bertz CT molecular complexity index is 660. The molecular weight excluding hydrogens is 318 g/mol. The quantitative estimate of drug-likeness (QED) is 0.906. The minimum atomic E-state index is 0.0117. The van der Waals surface area contributed by atoms with Crippen molar-refractivity contribution in [3.63, 3.8) is 0 Å². The molecule has 0 aliphatic carbocycles. The highest BCUT2D eigenvalue weighted by atomic mass is 32.2. The van der Waals surface area contributed by atoms with E-state index in [1.807, 2.05) is 42.5 Å². The number of carbonyl (C=O) groups is 1. The molecule has 1 fully saturated rings. The lowest BCUT2D eigenvalue weighted by molar-refractivity contribution is 0.0937. The third-order valence-electron chi connectivity index (χ3n) is 4.25. The number of hydrogen-bond donors (Lipinski definition) is 1. The van der Waals surface area contributed by atoms with Crippen LogP contribution in [-0.2, 0) is 0 Å². The molecule has 1 aliphatic rings. The summed E-state index contributed by atoms with van der Waals surface area (Å²) in [7, 11) is 2.14. The summed E-state index contributed by atoms with van der Waals surface area (Å²) in [5.41, 5.74) is 0.713. The standard InChI is InChI=1S/C19H23N3OS/c1-22-12-4-5-15(14-22)13-21-19(23)16-7-9-17(10-8-16)24-18-6-2-3-11-20-18/h2-3,6-11,15H,4-5,12-14H2,1H3,(H,21,23)/t15-/m1/s1. The molecule has 1 saturated heterocycles. The Kier molecular flexibility index (Phi) is 5.88. The highest BCUT2D eigenvalue weighted by Crippen LogP contribution is 2.25. The Balaban J connectivity index is 1.52. The van der Waals surface area contributed by atoms with E-state index in [0.29, 0.717) is 11.5 Å². The molecule has 1 aromatic heterocycles. The number of pyridine rings is 1. The third-order valence-corrected chi connectivity index (χ3v) is 5.21. The third kappa shape index (κ3) is 4.82. The summed E-state index contributed by atoms with van der Waals surface area (Å²) in [6.07, 6.45) is 4.20. The Labute approximate surface area is 147 Å². The van der Waals surface area contributed by atoms with Crippen molar-refractivity contribution in [3.8, 4) is 0 Å². The molecule has 4 nitrogen and oxygen atoms in total. The number of piperidine rings is 1. The van der Waals surface area contributed by atoms with Crippen LogP contribution in [0.4, 0.5) is 0 Å². The molecule has 0 radical (unpaired) electrons. The minimum absolute atomic E-state index is 0.0117. The van der Waals surface area contributed by atoms with Gasteiger partial charge in [-0.05, 0) is 68.8 Å². The Hall–Kier alpha value is -1.85. The van der Waals surface area contributed by atoms with Gasteiger partial charge in [-0.3, -0.25) is 4.79 Å². The number of carbonyl (C=O) groups excluding carboxylic acids is 1. The lowest BCUT2D eigenvalue weighted by Gasteiger charge is -2.29. The Morgan fingerprint density at radius 3 is 2.83 bits per heavy atom. The predicted molar refractivity (Wildman–Crippen MR) is 97.4 cm³/mol. The van der Waals surface area contributed by atoms with E-state index in [1.165, 1.54) is 19.4 Å². The van der Waals surface area contributed by atoms with Crippen LogP contribution < -0.4 is 5.32 Å². The summed E-state index contributed by atoms with van der Waals surface area (Å²) in [6.45, 7) is 2.99. The molecule has 2 aromatic rings. The summed E-state index contributed by atoms with van der Waals surface area (Å²) in [6, 6.07) is 13.6. The van der Waals surface area contributed by atoms with E-state index in [0.717, 1.165) is 23.0 Å². The number of aromatic nitrogens is 1. The van der Waals surface area contributed by atoms with Crippen molar-refractivity contribution in [1.82, 2.24) is 15.2 Å². The zero-order valence-corrected chi connectivity index (χ0v) is 14.8. The first-order valence-electron chi connectivity index (χ1n) is 8.36. The maximum atomic E-state index is 12.3. The van der Waals surface area contributed by atoms with Crippen molar-refractivity contribution in [1.29, 1.82) is 0 Å². The van der Waals surface area contributed by atoms with Gasteiger partial charge in [0.15, 0.2) is 0 Å². The molecule has 3 rings (SSSR count). The van der Waals surface area contributed by atoms with Crippen LogP contribution in [0.5, 0.6) is 0 Å². The van der Waals surface area contributed by atoms with Gasteiger partial charge in [0.1, 0.15) is 5.03 Å². The van der Waals surface area contributed by atoms with Crippen LogP contribution in [0.3, 0.4) is 0 Å². The number of rotatable bonds is 5. The van der Waals surface area contributed by atoms with Gasteiger partial charge >= 0.3 is 0 Å². The van der Waals surface area contributed by atoms with Crippen molar-refractivity contribution in [3.05, 3.63) is 54.2 Å². The molecule has 5 heteroatoms. The molecule has 0 saturated carbocycles. The summed E-state index contributed by atoms with van der Waals surface area (Å²) in [4.78, 5) is 20.0. The van der Waals surface area contributed by atoms with Crippen LogP contribution in [-0.4, -0.2) is 42.5 Å². The highest BCUT2D eigenvalue weighted by Gasteiger charge is 2.18. The fourth-order valence-electron chi connectivity index (χ4n) is 2.98. The molecule has 0 unspecified atom stereocenters. The Morgan fingerprint density at radius 1 is 1.29 bits per heavy atom. The fraction of sp³-hybridized carbons (Fsp3) is 0.368. The van der Waals surface area contributed by atoms with Crippen LogP contribution >= 0.6 is 11.8 Å². The van der Waals surface area contributed by atoms with Crippen molar-refractivity contribution in [2.75, 3.05) is 26.7 Å². The molecular formula is C19H23N3OS. The van der Waals surface area contributed by atoms with Crippen molar-refractivity contribution in [2.45, 2.75) is 22.8 Å². The van der Waals surface area contributed by atoms with Crippen molar-refractivity contribution < 1.29 is 4.79 Å². The van der Waals surface area contributed by atoms with E-state index in [4.69, 9.17) is 0 Å². The smallest absolute Gasteiger partial charge is 0.251 e. The number of hydrogen-bond acceptors (Lipinski definition) is 4. The zero-order chi connectivity index (χ0) is 16.8. The lowest BCUT2D eigenvalue weighted by atomic mass is 9.98. The van der Waals surface area contributed by atoms with Gasteiger partial charge in [-0.2, -0.15) is 0 Å². The van der Waals surface area contributed by atoms with E-state index in [9.17, 15) is 4.79 Å². The second kappa shape index (κ2) is 8.31. The van der Waals surface area contributed by atoms with Gasteiger partial charge in [0.05, 0.1) is 0 Å². The first-order valence-corrected chi connectivity index (χ1v) is 9.18. The number of amides is 1. The van der Waals surface area contributed by atoms with Crippen LogP contribution in [0.15, 0.2) is 58.6 Å². The van der Waals surface area contributed by atoms with Gasteiger partial charge in [-0.15, -0.1) is 0 Å². The van der Waals surface area contributed by atoms with Crippen molar-refractivity contribution in [2.24, 2.45) is 5.92 Å². The highest BCUT2D eigenvalue weighted by molar-refractivity contribution is 7.99. The SMILES string of the molecule is CN1CCC[C@H](CNC(=O)c2ccc(Sc3ccccn3)cc2)C1. The molecule has 1 amide bonds. The maximum Gasteiger partial charge on any atom is 0.251 e. The van der Waals surface area contributed by atoms with Gasteiger partial charge in [0.25, 0.3) is 5.91 Å². The molecule has 126 valence electrons.